The van der Waals surface area contributed by atoms with Crippen molar-refractivity contribution < 1.29 is 4.79 Å². The molecule has 0 saturated heterocycles. The molecule has 3 nitrogen and oxygen atoms in total. The van der Waals surface area contributed by atoms with Crippen LogP contribution in [-0.2, 0) is 11.2 Å². The zero-order valence-electron chi connectivity index (χ0n) is 12.9. The number of rotatable bonds is 5. The summed E-state index contributed by atoms with van der Waals surface area (Å²) in [5.41, 5.74) is 1.65. The number of thiazole rings is 1. The van der Waals surface area contributed by atoms with Gasteiger partial charge in [-0.15, -0.1) is 22.9 Å². The summed E-state index contributed by atoms with van der Waals surface area (Å²) in [6, 6.07) is 14.7. The molecule has 1 unspecified atom stereocenters. The molecule has 7 heteroatoms. The number of carbonyl (C=O) groups is 1. The van der Waals surface area contributed by atoms with Crippen LogP contribution in [0.15, 0.2) is 54.7 Å². The molecule has 0 saturated carbocycles. The molecule has 1 amide bonds. The van der Waals surface area contributed by atoms with Gasteiger partial charge in [0.2, 0.25) is 5.91 Å². The highest BCUT2D eigenvalue weighted by atomic mass is 35.5. The van der Waals surface area contributed by atoms with Crippen molar-refractivity contribution in [3.8, 4) is 0 Å². The Bertz CT molecular complexity index is 883. The first-order valence-electron chi connectivity index (χ1n) is 7.42. The molecule has 2 aromatic carbocycles. The second-order valence-electron chi connectivity index (χ2n) is 5.28. The summed E-state index contributed by atoms with van der Waals surface area (Å²) in [4.78, 5) is 17.5. The number of carbonyl (C=O) groups excluding carboxylic acids is 1. The SMILES string of the molecule is O=C(Nc1ncc(Cc2cccc(Cl)c2Cl)s1)C(Cl)c1ccccc1. The molecule has 25 heavy (non-hydrogen) atoms. The van der Waals surface area contributed by atoms with Crippen LogP contribution in [0.5, 0.6) is 0 Å². The molecular formula is C18H13Cl3N2OS. The average molecular weight is 412 g/mol. The van der Waals surface area contributed by atoms with Crippen LogP contribution in [0.3, 0.4) is 0 Å². The van der Waals surface area contributed by atoms with E-state index in [9.17, 15) is 4.79 Å². The first-order chi connectivity index (χ1) is 12.0. The summed E-state index contributed by atoms with van der Waals surface area (Å²) < 4.78 is 0. The first-order valence-corrected chi connectivity index (χ1v) is 9.43. The molecule has 0 radical (unpaired) electrons. The number of nitrogens with one attached hydrogen (secondary N) is 1. The Hall–Kier alpha value is -1.59. The van der Waals surface area contributed by atoms with E-state index in [1.807, 2.05) is 42.5 Å². The fourth-order valence-corrected chi connectivity index (χ4v) is 3.69. The average Bonchev–Trinajstić information content (AvgIpc) is 3.06. The smallest absolute Gasteiger partial charge is 0.248 e. The molecule has 0 spiro atoms. The van der Waals surface area contributed by atoms with Crippen molar-refractivity contribution in [3.05, 3.63) is 80.8 Å². The molecule has 0 bridgehead atoms. The quantitative estimate of drug-likeness (QED) is 0.526. The molecule has 3 rings (SSSR count). The Balaban J connectivity index is 1.67. The summed E-state index contributed by atoms with van der Waals surface area (Å²) in [6.07, 6.45) is 2.30. The maximum atomic E-state index is 12.3. The van der Waals surface area contributed by atoms with Crippen molar-refractivity contribution >= 4 is 57.2 Å². The van der Waals surface area contributed by atoms with E-state index in [0.29, 0.717) is 21.6 Å². The third-order valence-electron chi connectivity index (χ3n) is 3.50. The van der Waals surface area contributed by atoms with E-state index >= 15 is 0 Å². The highest BCUT2D eigenvalue weighted by molar-refractivity contribution is 7.15. The van der Waals surface area contributed by atoms with Crippen molar-refractivity contribution in [1.82, 2.24) is 4.98 Å². The van der Waals surface area contributed by atoms with Gasteiger partial charge in [0, 0.05) is 17.5 Å². The van der Waals surface area contributed by atoms with Crippen LogP contribution in [0.2, 0.25) is 10.0 Å². The standard InChI is InChI=1S/C18H13Cl3N2OS/c19-14-8-4-7-12(15(14)20)9-13-10-22-18(25-13)23-17(24)16(21)11-5-2-1-3-6-11/h1-8,10,16H,9H2,(H,22,23,24). The summed E-state index contributed by atoms with van der Waals surface area (Å²) in [5.74, 6) is -0.311. The lowest BCUT2D eigenvalue weighted by Gasteiger charge is -2.08. The fourth-order valence-electron chi connectivity index (χ4n) is 2.26. The lowest BCUT2D eigenvalue weighted by Crippen LogP contribution is -2.17. The van der Waals surface area contributed by atoms with Crippen molar-refractivity contribution in [1.29, 1.82) is 0 Å². The second kappa shape index (κ2) is 8.19. The minimum absolute atomic E-state index is 0.311. The Labute approximate surface area is 164 Å². The minimum atomic E-state index is -0.768. The van der Waals surface area contributed by atoms with Crippen molar-refractivity contribution in [2.75, 3.05) is 5.32 Å². The Morgan fingerprint density at radius 2 is 1.88 bits per heavy atom. The number of nitrogens with zero attached hydrogens (tertiary/aromatic N) is 1. The van der Waals surface area contributed by atoms with Crippen LogP contribution in [0.1, 0.15) is 21.4 Å². The number of amides is 1. The number of benzene rings is 2. The number of hydrogen-bond acceptors (Lipinski definition) is 3. The van der Waals surface area contributed by atoms with E-state index in [4.69, 9.17) is 34.8 Å². The van der Waals surface area contributed by atoms with Crippen LogP contribution in [0.25, 0.3) is 0 Å². The Morgan fingerprint density at radius 3 is 2.64 bits per heavy atom. The number of aromatic nitrogens is 1. The van der Waals surface area contributed by atoms with Crippen molar-refractivity contribution in [2.24, 2.45) is 0 Å². The Kier molecular flexibility index (Phi) is 5.97. The van der Waals surface area contributed by atoms with Gasteiger partial charge in [0.15, 0.2) is 5.13 Å². The van der Waals surface area contributed by atoms with E-state index in [1.165, 1.54) is 11.3 Å². The van der Waals surface area contributed by atoms with Crippen LogP contribution in [-0.4, -0.2) is 10.9 Å². The molecule has 1 aromatic heterocycles. The molecule has 0 aliphatic carbocycles. The van der Waals surface area contributed by atoms with Gasteiger partial charge >= 0.3 is 0 Å². The first kappa shape index (κ1) is 18.2. The summed E-state index contributed by atoms with van der Waals surface area (Å²) >= 11 is 19.8. The predicted octanol–water partition coefficient (Wildman–Crippen LogP) is 5.96. The lowest BCUT2D eigenvalue weighted by molar-refractivity contribution is -0.116. The van der Waals surface area contributed by atoms with Crippen LogP contribution in [0, 0.1) is 0 Å². The van der Waals surface area contributed by atoms with E-state index in [2.05, 4.69) is 10.3 Å². The molecule has 1 heterocycles. The molecular weight excluding hydrogens is 399 g/mol. The van der Waals surface area contributed by atoms with Gasteiger partial charge in [-0.2, -0.15) is 0 Å². The number of hydrogen-bond donors (Lipinski definition) is 1. The van der Waals surface area contributed by atoms with E-state index in [1.54, 1.807) is 12.3 Å². The number of alkyl halides is 1. The van der Waals surface area contributed by atoms with Crippen molar-refractivity contribution in [2.45, 2.75) is 11.8 Å². The van der Waals surface area contributed by atoms with Gasteiger partial charge in [-0.05, 0) is 17.2 Å². The van der Waals surface area contributed by atoms with Gasteiger partial charge < -0.3 is 5.32 Å². The van der Waals surface area contributed by atoms with E-state index in [-0.39, 0.29) is 5.91 Å². The molecule has 1 N–H and O–H groups in total. The molecule has 3 aromatic rings. The third-order valence-corrected chi connectivity index (χ3v) is 5.72. The van der Waals surface area contributed by atoms with Gasteiger partial charge in [0.1, 0.15) is 5.38 Å². The molecule has 0 aliphatic heterocycles. The zero-order chi connectivity index (χ0) is 17.8. The normalized spacial score (nSPS) is 12.0. The Morgan fingerprint density at radius 1 is 1.12 bits per heavy atom. The number of anilines is 1. The lowest BCUT2D eigenvalue weighted by atomic mass is 10.1. The highest BCUT2D eigenvalue weighted by Crippen LogP contribution is 2.30. The number of halogens is 3. The molecule has 0 aliphatic rings. The highest BCUT2D eigenvalue weighted by Gasteiger charge is 2.18. The van der Waals surface area contributed by atoms with Gasteiger partial charge in [0.25, 0.3) is 0 Å². The summed E-state index contributed by atoms with van der Waals surface area (Å²) in [5, 5.41) is 3.54. The fraction of sp³-hybridized carbons (Fsp3) is 0.111. The third kappa shape index (κ3) is 4.53. The van der Waals surface area contributed by atoms with Crippen LogP contribution < -0.4 is 5.32 Å². The summed E-state index contributed by atoms with van der Waals surface area (Å²) in [6.45, 7) is 0. The molecule has 128 valence electrons. The maximum absolute atomic E-state index is 12.3. The van der Waals surface area contributed by atoms with Gasteiger partial charge in [-0.25, -0.2) is 4.98 Å². The van der Waals surface area contributed by atoms with Gasteiger partial charge in [-0.3, -0.25) is 4.79 Å². The largest absolute Gasteiger partial charge is 0.300 e. The topological polar surface area (TPSA) is 42.0 Å². The minimum Gasteiger partial charge on any atom is -0.300 e. The van der Waals surface area contributed by atoms with E-state index < -0.39 is 5.38 Å². The molecule has 1 atom stereocenters. The summed E-state index contributed by atoms with van der Waals surface area (Å²) in [7, 11) is 0. The van der Waals surface area contributed by atoms with E-state index in [0.717, 1.165) is 16.0 Å². The second-order valence-corrected chi connectivity index (χ2v) is 7.62. The van der Waals surface area contributed by atoms with Gasteiger partial charge in [0.05, 0.1) is 10.0 Å². The zero-order valence-corrected chi connectivity index (χ0v) is 16.0. The van der Waals surface area contributed by atoms with Crippen LogP contribution >= 0.6 is 46.1 Å². The molecule has 0 fully saturated rings. The maximum Gasteiger partial charge on any atom is 0.248 e. The predicted molar refractivity (Wildman–Crippen MR) is 105 cm³/mol. The van der Waals surface area contributed by atoms with Gasteiger partial charge in [-0.1, -0.05) is 65.7 Å². The van der Waals surface area contributed by atoms with Crippen LogP contribution in [0.4, 0.5) is 5.13 Å². The van der Waals surface area contributed by atoms with Crippen molar-refractivity contribution in [3.63, 3.8) is 0 Å². The monoisotopic (exact) mass is 410 g/mol.